The minimum Gasteiger partial charge on any atom is -0.379 e. The lowest BCUT2D eigenvalue weighted by molar-refractivity contribution is -0.132. The molecule has 0 aromatic heterocycles. The molecule has 0 bridgehead atoms. The van der Waals surface area contributed by atoms with E-state index in [1.54, 1.807) is 0 Å². The molecule has 3 N–H and O–H groups in total. The van der Waals surface area contributed by atoms with Gasteiger partial charge in [-0.25, -0.2) is 0 Å². The molecule has 2 atom stereocenters. The number of nitrogens with zero attached hydrogens (tertiary/aromatic N) is 2. The van der Waals surface area contributed by atoms with Crippen molar-refractivity contribution in [1.29, 1.82) is 0 Å². The van der Waals surface area contributed by atoms with Gasteiger partial charge in [-0.1, -0.05) is 13.8 Å². The van der Waals surface area contributed by atoms with E-state index < -0.39 is 6.04 Å². The van der Waals surface area contributed by atoms with Crippen LogP contribution in [0, 0.1) is 5.92 Å². The number of ether oxygens (including phenoxy) is 1. The molecule has 1 unspecified atom stereocenters. The minimum atomic E-state index is -0.563. The summed E-state index contributed by atoms with van der Waals surface area (Å²) in [7, 11) is 0. The van der Waals surface area contributed by atoms with Crippen LogP contribution in [0.25, 0.3) is 0 Å². The van der Waals surface area contributed by atoms with E-state index >= 15 is 0 Å². The zero-order valence-electron chi connectivity index (χ0n) is 14.4. The Bertz CT molecular complexity index is 406. The van der Waals surface area contributed by atoms with Gasteiger partial charge in [0.05, 0.1) is 25.8 Å². The third kappa shape index (κ3) is 6.37. The number of morpholine rings is 1. The fourth-order valence-electron chi connectivity index (χ4n) is 2.90. The first kappa shape index (κ1) is 23.4. The van der Waals surface area contributed by atoms with Gasteiger partial charge in [0, 0.05) is 32.2 Å². The minimum absolute atomic E-state index is 0. The molecule has 2 amide bonds. The molecule has 2 heterocycles. The van der Waals surface area contributed by atoms with Crippen molar-refractivity contribution >= 4 is 36.6 Å². The molecule has 7 nitrogen and oxygen atoms in total. The van der Waals surface area contributed by atoms with Crippen LogP contribution in [0.3, 0.4) is 0 Å². The molecule has 0 spiro atoms. The molecule has 0 saturated carbocycles. The van der Waals surface area contributed by atoms with Crippen molar-refractivity contribution < 1.29 is 14.3 Å². The van der Waals surface area contributed by atoms with Crippen molar-refractivity contribution in [2.75, 3.05) is 45.9 Å². The van der Waals surface area contributed by atoms with Crippen LogP contribution in [0.2, 0.25) is 0 Å². The van der Waals surface area contributed by atoms with Gasteiger partial charge in [-0.2, -0.15) is 0 Å². The predicted octanol–water partition coefficient (Wildman–Crippen LogP) is -0.137. The molecule has 2 fully saturated rings. The van der Waals surface area contributed by atoms with Gasteiger partial charge in [-0.15, -0.1) is 24.8 Å². The van der Waals surface area contributed by atoms with Crippen LogP contribution in [0.1, 0.15) is 20.3 Å². The summed E-state index contributed by atoms with van der Waals surface area (Å²) < 4.78 is 5.36. The maximum absolute atomic E-state index is 12.2. The van der Waals surface area contributed by atoms with Gasteiger partial charge in [0.15, 0.2) is 0 Å². The number of carbonyl (C=O) groups is 2. The molecule has 0 radical (unpaired) electrons. The molecule has 0 aromatic carbocycles. The number of rotatable bonds is 5. The van der Waals surface area contributed by atoms with Gasteiger partial charge in [0.1, 0.15) is 0 Å². The number of likely N-dealkylation sites (tertiary alicyclic amines) is 1. The third-order valence-electron chi connectivity index (χ3n) is 4.51. The zero-order valence-corrected chi connectivity index (χ0v) is 16.0. The van der Waals surface area contributed by atoms with Gasteiger partial charge >= 0.3 is 0 Å². The van der Waals surface area contributed by atoms with Crippen LogP contribution >= 0.6 is 24.8 Å². The number of nitrogens with one attached hydrogen (secondary N) is 1. The van der Waals surface area contributed by atoms with E-state index in [9.17, 15) is 9.59 Å². The van der Waals surface area contributed by atoms with Crippen molar-refractivity contribution in [3.05, 3.63) is 0 Å². The lowest BCUT2D eigenvalue weighted by Gasteiger charge is -2.32. The second-order valence-electron chi connectivity index (χ2n) is 6.42. The van der Waals surface area contributed by atoms with E-state index in [-0.39, 0.29) is 49.1 Å². The maximum Gasteiger partial charge on any atom is 0.242 e. The quantitative estimate of drug-likeness (QED) is 0.688. The summed E-state index contributed by atoms with van der Waals surface area (Å²) in [4.78, 5) is 28.2. The lowest BCUT2D eigenvalue weighted by Crippen LogP contribution is -2.48. The van der Waals surface area contributed by atoms with Gasteiger partial charge in [-0.3, -0.25) is 14.5 Å². The summed E-state index contributed by atoms with van der Waals surface area (Å²) in [6.45, 7) is 8.73. The maximum atomic E-state index is 12.2. The number of nitrogens with two attached hydrogens (primary N) is 1. The van der Waals surface area contributed by atoms with Crippen molar-refractivity contribution in [1.82, 2.24) is 15.1 Å². The first-order valence-corrected chi connectivity index (χ1v) is 8.12. The van der Waals surface area contributed by atoms with Gasteiger partial charge < -0.3 is 20.7 Å². The molecule has 2 aliphatic heterocycles. The molecule has 0 aromatic rings. The zero-order chi connectivity index (χ0) is 16.1. The number of amides is 2. The molecule has 142 valence electrons. The molecule has 2 aliphatic rings. The first-order chi connectivity index (χ1) is 10.5. The molecular formula is C15H30Cl2N4O3. The second-order valence-corrected chi connectivity index (χ2v) is 6.42. The summed E-state index contributed by atoms with van der Waals surface area (Å²) >= 11 is 0. The largest absolute Gasteiger partial charge is 0.379 e. The predicted molar refractivity (Wildman–Crippen MR) is 97.7 cm³/mol. The molecular weight excluding hydrogens is 355 g/mol. The Hall–Kier alpha value is -0.600. The van der Waals surface area contributed by atoms with E-state index in [2.05, 4.69) is 10.2 Å². The summed E-state index contributed by atoms with van der Waals surface area (Å²) in [6, 6.07) is -0.144. The Morgan fingerprint density at radius 1 is 1.21 bits per heavy atom. The summed E-state index contributed by atoms with van der Waals surface area (Å²) in [5.74, 6) is -0.222. The van der Waals surface area contributed by atoms with Crippen molar-refractivity contribution in [3.63, 3.8) is 0 Å². The smallest absolute Gasteiger partial charge is 0.242 e. The van der Waals surface area contributed by atoms with Crippen molar-refractivity contribution in [2.24, 2.45) is 11.7 Å². The fourth-order valence-corrected chi connectivity index (χ4v) is 2.90. The van der Waals surface area contributed by atoms with Crippen molar-refractivity contribution in [3.8, 4) is 0 Å². The van der Waals surface area contributed by atoms with Crippen LogP contribution in [-0.2, 0) is 14.3 Å². The molecule has 9 heteroatoms. The van der Waals surface area contributed by atoms with E-state index in [0.29, 0.717) is 6.04 Å². The van der Waals surface area contributed by atoms with Gasteiger partial charge in [0.2, 0.25) is 11.8 Å². The first-order valence-electron chi connectivity index (χ1n) is 8.12. The van der Waals surface area contributed by atoms with E-state index in [1.807, 2.05) is 18.7 Å². The summed E-state index contributed by atoms with van der Waals surface area (Å²) in [5.41, 5.74) is 5.76. The highest BCUT2D eigenvalue weighted by molar-refractivity contribution is 5.87. The van der Waals surface area contributed by atoms with E-state index in [1.165, 1.54) is 0 Å². The Balaban J connectivity index is 0.00000264. The number of carbonyl (C=O) groups excluding carboxylic acids is 2. The monoisotopic (exact) mass is 384 g/mol. The van der Waals surface area contributed by atoms with Crippen molar-refractivity contribution in [2.45, 2.75) is 32.4 Å². The Morgan fingerprint density at radius 3 is 2.42 bits per heavy atom. The standard InChI is InChI=1S/C15H28N4O3.2ClH/c1-11(2)14(16)15(21)17-9-13(20)19-4-3-12(10-19)18-5-7-22-8-6-18;;/h11-12,14H,3-10,16H2,1-2H3,(H,17,21);2*1H/t12?,14-;;/m0../s1. The highest BCUT2D eigenvalue weighted by Crippen LogP contribution is 2.16. The normalized spacial score (nSPS) is 22.5. The average Bonchev–Trinajstić information content (AvgIpc) is 3.02. The van der Waals surface area contributed by atoms with Crippen LogP contribution in [0.4, 0.5) is 0 Å². The van der Waals surface area contributed by atoms with Gasteiger partial charge in [-0.05, 0) is 12.3 Å². The topological polar surface area (TPSA) is 87.9 Å². The molecule has 24 heavy (non-hydrogen) atoms. The van der Waals surface area contributed by atoms with Crippen LogP contribution in [0.5, 0.6) is 0 Å². The number of halogens is 2. The Morgan fingerprint density at radius 2 is 1.83 bits per heavy atom. The SMILES string of the molecule is CC(C)[C@H](N)C(=O)NCC(=O)N1CCC(N2CCOCC2)C1.Cl.Cl. The molecule has 2 saturated heterocycles. The second kappa shape index (κ2) is 11.1. The van der Waals surface area contributed by atoms with Crippen LogP contribution in [0.15, 0.2) is 0 Å². The van der Waals surface area contributed by atoms with E-state index in [4.69, 9.17) is 10.5 Å². The number of hydrogen-bond donors (Lipinski definition) is 2. The highest BCUT2D eigenvalue weighted by atomic mass is 35.5. The van der Waals surface area contributed by atoms with Crippen LogP contribution in [-0.4, -0.2) is 79.6 Å². The van der Waals surface area contributed by atoms with Gasteiger partial charge in [0.25, 0.3) is 0 Å². The van der Waals surface area contributed by atoms with E-state index in [0.717, 1.165) is 45.8 Å². The van der Waals surface area contributed by atoms with Crippen LogP contribution < -0.4 is 11.1 Å². The summed E-state index contributed by atoms with van der Waals surface area (Å²) in [5, 5.41) is 2.65. The molecule has 2 rings (SSSR count). The molecule has 0 aliphatic carbocycles. The average molecular weight is 385 g/mol. The highest BCUT2D eigenvalue weighted by Gasteiger charge is 2.31. The lowest BCUT2D eigenvalue weighted by atomic mass is 10.1. The third-order valence-corrected chi connectivity index (χ3v) is 4.51. The summed E-state index contributed by atoms with van der Waals surface area (Å²) in [6.07, 6.45) is 0.991. The Labute approximate surface area is 156 Å². The Kier molecular flexibility index (Phi) is 10.8. The number of hydrogen-bond acceptors (Lipinski definition) is 5. The fraction of sp³-hybridized carbons (Fsp3) is 0.867.